The lowest BCUT2D eigenvalue weighted by atomic mass is 9.94. The Balaban J connectivity index is 1.91. The van der Waals surface area contributed by atoms with Crippen LogP contribution in [0.5, 0.6) is 0 Å². The number of nitrogens with zero attached hydrogens (tertiary/aromatic N) is 1. The Labute approximate surface area is 114 Å². The Kier molecular flexibility index (Phi) is 5.15. The summed E-state index contributed by atoms with van der Waals surface area (Å²) in [6.07, 6.45) is 5.64. The summed E-state index contributed by atoms with van der Waals surface area (Å²) in [7, 11) is 0. The van der Waals surface area contributed by atoms with Crippen LogP contribution in [0.4, 0.5) is 0 Å². The molecule has 0 spiro atoms. The fraction of sp³-hybridized carbons (Fsp3) is 0.786. The highest BCUT2D eigenvalue weighted by molar-refractivity contribution is 7.09. The van der Waals surface area contributed by atoms with Gasteiger partial charge < -0.3 is 10.1 Å². The van der Waals surface area contributed by atoms with Crippen LogP contribution < -0.4 is 5.32 Å². The van der Waals surface area contributed by atoms with Gasteiger partial charge in [-0.15, -0.1) is 11.3 Å². The molecule has 0 saturated carbocycles. The Morgan fingerprint density at radius 3 is 3.00 bits per heavy atom. The molecule has 0 bridgehead atoms. The largest absolute Gasteiger partial charge is 0.378 e. The molecule has 2 rings (SSSR count). The summed E-state index contributed by atoms with van der Waals surface area (Å²) in [6, 6.07) is 0.973. The molecule has 1 aliphatic heterocycles. The Hall–Kier alpha value is -0.450. The predicted octanol–water partition coefficient (Wildman–Crippen LogP) is 3.39. The zero-order valence-electron chi connectivity index (χ0n) is 11.6. The topological polar surface area (TPSA) is 34.1 Å². The molecule has 1 saturated heterocycles. The molecule has 3 nitrogen and oxygen atoms in total. The van der Waals surface area contributed by atoms with Crippen molar-refractivity contribution in [2.24, 2.45) is 5.92 Å². The van der Waals surface area contributed by atoms with Crippen molar-refractivity contribution >= 4 is 11.3 Å². The highest BCUT2D eigenvalue weighted by Crippen LogP contribution is 2.25. The average Bonchev–Trinajstić information content (AvgIpc) is 2.90. The maximum Gasteiger partial charge on any atom is 0.109 e. The van der Waals surface area contributed by atoms with Gasteiger partial charge >= 0.3 is 0 Å². The van der Waals surface area contributed by atoms with E-state index in [4.69, 9.17) is 4.74 Å². The zero-order chi connectivity index (χ0) is 13.0. The second-order valence-corrected chi connectivity index (χ2v) is 6.30. The molecule has 0 aliphatic carbocycles. The Morgan fingerprint density at radius 1 is 1.56 bits per heavy atom. The van der Waals surface area contributed by atoms with Crippen molar-refractivity contribution in [1.82, 2.24) is 10.3 Å². The van der Waals surface area contributed by atoms with E-state index in [0.29, 0.717) is 24.1 Å². The van der Waals surface area contributed by atoms with Crippen LogP contribution in [0.1, 0.15) is 51.1 Å². The number of hydrogen-bond donors (Lipinski definition) is 1. The Bertz CT molecular complexity index is 340. The van der Waals surface area contributed by atoms with Crippen molar-refractivity contribution in [3.05, 3.63) is 16.6 Å². The van der Waals surface area contributed by atoms with Gasteiger partial charge in [-0.25, -0.2) is 4.98 Å². The average molecular weight is 268 g/mol. The van der Waals surface area contributed by atoms with Crippen molar-refractivity contribution < 1.29 is 4.74 Å². The number of ether oxygens (including phenoxy) is 1. The van der Waals surface area contributed by atoms with Crippen LogP contribution in [0.2, 0.25) is 0 Å². The normalized spacial score (nSPS) is 26.4. The van der Waals surface area contributed by atoms with Gasteiger partial charge in [0.1, 0.15) is 5.01 Å². The second-order valence-electron chi connectivity index (χ2n) is 5.37. The lowest BCUT2D eigenvalue weighted by Crippen LogP contribution is -2.42. The van der Waals surface area contributed by atoms with E-state index >= 15 is 0 Å². The summed E-state index contributed by atoms with van der Waals surface area (Å²) in [5.41, 5.74) is 0. The van der Waals surface area contributed by atoms with E-state index in [1.807, 2.05) is 6.20 Å². The van der Waals surface area contributed by atoms with Gasteiger partial charge in [-0.1, -0.05) is 20.8 Å². The highest BCUT2D eigenvalue weighted by Gasteiger charge is 2.26. The summed E-state index contributed by atoms with van der Waals surface area (Å²) < 4.78 is 5.82. The minimum Gasteiger partial charge on any atom is -0.378 e. The first-order valence-corrected chi connectivity index (χ1v) is 7.85. The molecule has 102 valence electrons. The van der Waals surface area contributed by atoms with Crippen LogP contribution in [0.15, 0.2) is 11.6 Å². The van der Waals surface area contributed by atoms with Crippen molar-refractivity contribution in [3.8, 4) is 0 Å². The first kappa shape index (κ1) is 14.0. The van der Waals surface area contributed by atoms with E-state index in [1.54, 1.807) is 11.3 Å². The summed E-state index contributed by atoms with van der Waals surface area (Å²) in [5.74, 6) is 0.606. The second kappa shape index (κ2) is 6.64. The molecule has 3 atom stereocenters. The molecule has 2 heterocycles. The van der Waals surface area contributed by atoms with E-state index in [1.165, 1.54) is 5.01 Å². The van der Waals surface area contributed by atoms with Gasteiger partial charge in [0.25, 0.3) is 0 Å². The maximum absolute atomic E-state index is 5.82. The van der Waals surface area contributed by atoms with Gasteiger partial charge in [-0.3, -0.25) is 0 Å². The van der Waals surface area contributed by atoms with Crippen molar-refractivity contribution in [1.29, 1.82) is 0 Å². The van der Waals surface area contributed by atoms with Gasteiger partial charge in [-0.2, -0.15) is 0 Å². The number of nitrogens with one attached hydrogen (secondary N) is 1. The minimum absolute atomic E-state index is 0.404. The molecule has 3 unspecified atom stereocenters. The fourth-order valence-electron chi connectivity index (χ4n) is 2.50. The molecule has 1 aromatic rings. The van der Waals surface area contributed by atoms with Crippen molar-refractivity contribution in [2.45, 2.75) is 58.2 Å². The molecule has 0 aromatic carbocycles. The molecular formula is C14H24N2OS. The lowest BCUT2D eigenvalue weighted by Gasteiger charge is -2.34. The quantitative estimate of drug-likeness (QED) is 0.889. The van der Waals surface area contributed by atoms with Gasteiger partial charge in [0.05, 0.1) is 12.1 Å². The van der Waals surface area contributed by atoms with Gasteiger partial charge in [0.15, 0.2) is 0 Å². The predicted molar refractivity (Wildman–Crippen MR) is 75.9 cm³/mol. The van der Waals surface area contributed by atoms with Crippen LogP contribution in [0.3, 0.4) is 0 Å². The van der Waals surface area contributed by atoms with E-state index in [0.717, 1.165) is 25.9 Å². The standard InChI is InChI=1S/C14H24N2OS/c1-4-12(14-15-6-8-18-14)16-11-5-7-17-13(9-11)10(2)3/h6,8,10-13,16H,4-5,7,9H2,1-3H3. The highest BCUT2D eigenvalue weighted by atomic mass is 32.1. The third-order valence-electron chi connectivity index (χ3n) is 3.65. The first-order valence-electron chi connectivity index (χ1n) is 6.97. The molecule has 0 amide bonds. The molecule has 4 heteroatoms. The van der Waals surface area contributed by atoms with E-state index in [-0.39, 0.29) is 0 Å². The van der Waals surface area contributed by atoms with Gasteiger partial charge in [0.2, 0.25) is 0 Å². The van der Waals surface area contributed by atoms with Crippen LogP contribution in [0, 0.1) is 5.92 Å². The summed E-state index contributed by atoms with van der Waals surface area (Å²) in [4.78, 5) is 4.43. The van der Waals surface area contributed by atoms with Crippen LogP contribution in [-0.4, -0.2) is 23.7 Å². The molecular weight excluding hydrogens is 244 g/mol. The number of hydrogen-bond acceptors (Lipinski definition) is 4. The fourth-order valence-corrected chi connectivity index (χ4v) is 3.28. The van der Waals surface area contributed by atoms with E-state index in [9.17, 15) is 0 Å². The number of thiazole rings is 1. The molecule has 1 aromatic heterocycles. The monoisotopic (exact) mass is 268 g/mol. The van der Waals surface area contributed by atoms with Gasteiger partial charge in [0, 0.05) is 24.2 Å². The molecule has 18 heavy (non-hydrogen) atoms. The van der Waals surface area contributed by atoms with Crippen LogP contribution >= 0.6 is 11.3 Å². The molecule has 0 radical (unpaired) electrons. The summed E-state index contributed by atoms with van der Waals surface area (Å²) >= 11 is 1.75. The molecule has 1 N–H and O–H groups in total. The minimum atomic E-state index is 0.404. The van der Waals surface area contributed by atoms with Crippen LogP contribution in [0.25, 0.3) is 0 Å². The number of aromatic nitrogens is 1. The van der Waals surface area contributed by atoms with Crippen molar-refractivity contribution in [2.75, 3.05) is 6.61 Å². The summed E-state index contributed by atoms with van der Waals surface area (Å²) in [6.45, 7) is 7.59. The lowest BCUT2D eigenvalue weighted by molar-refractivity contribution is -0.0260. The third kappa shape index (κ3) is 3.53. The third-order valence-corrected chi connectivity index (χ3v) is 4.54. The summed E-state index contributed by atoms with van der Waals surface area (Å²) in [5, 5.41) is 7.03. The Morgan fingerprint density at radius 2 is 2.39 bits per heavy atom. The zero-order valence-corrected chi connectivity index (χ0v) is 12.4. The van der Waals surface area contributed by atoms with Crippen LogP contribution in [-0.2, 0) is 4.74 Å². The van der Waals surface area contributed by atoms with E-state index in [2.05, 4.69) is 36.5 Å². The smallest absolute Gasteiger partial charge is 0.109 e. The first-order chi connectivity index (χ1) is 8.70. The maximum atomic E-state index is 5.82. The number of rotatable bonds is 5. The SMILES string of the molecule is CCC(NC1CCOC(C(C)C)C1)c1nccs1. The van der Waals surface area contributed by atoms with E-state index < -0.39 is 0 Å². The molecule has 1 fully saturated rings. The van der Waals surface area contributed by atoms with Gasteiger partial charge in [-0.05, 0) is 25.2 Å². The van der Waals surface area contributed by atoms with Crippen molar-refractivity contribution in [3.63, 3.8) is 0 Å². The molecule has 1 aliphatic rings.